The van der Waals surface area contributed by atoms with Crippen molar-refractivity contribution >= 4 is 17.7 Å². The second-order valence-electron chi connectivity index (χ2n) is 4.03. The Balaban J connectivity index is 2.07. The maximum atomic E-state index is 11.8. The highest BCUT2D eigenvalue weighted by atomic mass is 32.2. The van der Waals surface area contributed by atoms with Crippen LogP contribution in [0.1, 0.15) is 17.9 Å². The highest BCUT2D eigenvalue weighted by Crippen LogP contribution is 2.40. The summed E-state index contributed by atoms with van der Waals surface area (Å²) in [6.07, 6.45) is 0. The van der Waals surface area contributed by atoms with Crippen molar-refractivity contribution in [3.05, 3.63) is 35.9 Å². The number of rotatable bonds is 3. The fourth-order valence-corrected chi connectivity index (χ4v) is 3.47. The number of carbonyl (C=O) groups excluding carboxylic acids is 1. The molecule has 1 aliphatic heterocycles. The quantitative estimate of drug-likeness (QED) is 0.771. The molecule has 0 N–H and O–H groups in total. The molecule has 0 radical (unpaired) electrons. The SMILES string of the molecule is CCOC(=O)[C@@H]1CSC(c2ccccc2)N1C. The summed E-state index contributed by atoms with van der Waals surface area (Å²) in [5.41, 5.74) is 1.24. The molecule has 1 unspecified atom stereocenters. The van der Waals surface area contributed by atoms with Gasteiger partial charge in [0.25, 0.3) is 0 Å². The van der Waals surface area contributed by atoms with Crippen molar-refractivity contribution in [3.63, 3.8) is 0 Å². The first-order valence-electron chi connectivity index (χ1n) is 5.79. The van der Waals surface area contributed by atoms with Gasteiger partial charge in [-0.3, -0.25) is 9.69 Å². The van der Waals surface area contributed by atoms with Crippen molar-refractivity contribution < 1.29 is 9.53 Å². The highest BCUT2D eigenvalue weighted by molar-refractivity contribution is 7.99. The summed E-state index contributed by atoms with van der Waals surface area (Å²) < 4.78 is 5.09. The molecule has 92 valence electrons. The van der Waals surface area contributed by atoms with E-state index in [1.165, 1.54) is 5.56 Å². The minimum Gasteiger partial charge on any atom is -0.465 e. The molecule has 0 aromatic heterocycles. The van der Waals surface area contributed by atoms with Gasteiger partial charge in [0.1, 0.15) is 6.04 Å². The normalized spacial score (nSPS) is 24.8. The summed E-state index contributed by atoms with van der Waals surface area (Å²) in [5, 5.41) is 0.255. The van der Waals surface area contributed by atoms with Crippen LogP contribution in [0.25, 0.3) is 0 Å². The topological polar surface area (TPSA) is 29.5 Å². The standard InChI is InChI=1S/C13H17NO2S/c1-3-16-13(15)11-9-17-12(14(11)2)10-7-5-4-6-8-10/h4-8,11-12H,3,9H2,1-2H3/t11-,12?/m0/s1. The average Bonchev–Trinajstić information content (AvgIpc) is 2.72. The lowest BCUT2D eigenvalue weighted by Crippen LogP contribution is -2.37. The monoisotopic (exact) mass is 251 g/mol. The van der Waals surface area contributed by atoms with Gasteiger partial charge in [-0.2, -0.15) is 0 Å². The van der Waals surface area contributed by atoms with Crippen LogP contribution < -0.4 is 0 Å². The van der Waals surface area contributed by atoms with Gasteiger partial charge in [-0.1, -0.05) is 30.3 Å². The number of nitrogens with zero attached hydrogens (tertiary/aromatic N) is 1. The van der Waals surface area contributed by atoms with E-state index in [1.54, 1.807) is 11.8 Å². The van der Waals surface area contributed by atoms with Crippen molar-refractivity contribution in [2.75, 3.05) is 19.4 Å². The van der Waals surface area contributed by atoms with Crippen molar-refractivity contribution in [2.45, 2.75) is 18.3 Å². The van der Waals surface area contributed by atoms with E-state index in [1.807, 2.05) is 32.2 Å². The number of ether oxygens (including phenoxy) is 1. The van der Waals surface area contributed by atoms with Crippen LogP contribution in [-0.2, 0) is 9.53 Å². The number of hydrogen-bond acceptors (Lipinski definition) is 4. The first-order valence-corrected chi connectivity index (χ1v) is 6.84. The van der Waals surface area contributed by atoms with E-state index in [0.29, 0.717) is 6.61 Å². The molecular weight excluding hydrogens is 234 g/mol. The number of thioether (sulfide) groups is 1. The number of benzene rings is 1. The molecule has 2 atom stereocenters. The van der Waals surface area contributed by atoms with Gasteiger partial charge in [0.2, 0.25) is 0 Å². The molecule has 0 bridgehead atoms. The average molecular weight is 251 g/mol. The molecule has 1 aliphatic rings. The van der Waals surface area contributed by atoms with Crippen LogP contribution >= 0.6 is 11.8 Å². The van der Waals surface area contributed by atoms with E-state index < -0.39 is 0 Å². The fraction of sp³-hybridized carbons (Fsp3) is 0.462. The van der Waals surface area contributed by atoms with E-state index in [0.717, 1.165) is 5.75 Å². The predicted molar refractivity (Wildman–Crippen MR) is 69.8 cm³/mol. The number of esters is 1. The predicted octanol–water partition coefficient (Wildman–Crippen LogP) is 2.30. The lowest BCUT2D eigenvalue weighted by Gasteiger charge is -2.23. The molecule has 1 heterocycles. The second-order valence-corrected chi connectivity index (χ2v) is 5.14. The maximum Gasteiger partial charge on any atom is 0.324 e. The molecule has 17 heavy (non-hydrogen) atoms. The molecule has 0 saturated carbocycles. The zero-order valence-electron chi connectivity index (χ0n) is 10.1. The minimum atomic E-state index is -0.120. The minimum absolute atomic E-state index is 0.110. The zero-order valence-corrected chi connectivity index (χ0v) is 10.9. The van der Waals surface area contributed by atoms with E-state index in [9.17, 15) is 4.79 Å². The summed E-state index contributed by atoms with van der Waals surface area (Å²) in [6, 6.07) is 10.1. The molecule has 0 aliphatic carbocycles. The fourth-order valence-electron chi connectivity index (χ4n) is 2.00. The molecule has 1 fully saturated rings. The summed E-state index contributed by atoms with van der Waals surface area (Å²) in [6.45, 7) is 2.29. The number of carbonyl (C=O) groups is 1. The van der Waals surface area contributed by atoms with Gasteiger partial charge >= 0.3 is 5.97 Å². The van der Waals surface area contributed by atoms with Crippen molar-refractivity contribution in [3.8, 4) is 0 Å². The Hall–Kier alpha value is -1.00. The van der Waals surface area contributed by atoms with Crippen LogP contribution in [0.3, 0.4) is 0 Å². The molecule has 4 heteroatoms. The Bertz CT molecular complexity index is 382. The first kappa shape index (κ1) is 12.5. The number of likely N-dealkylation sites (N-methyl/N-ethyl adjacent to an activating group) is 1. The van der Waals surface area contributed by atoms with Crippen LogP contribution in [0.15, 0.2) is 30.3 Å². The van der Waals surface area contributed by atoms with Crippen molar-refractivity contribution in [1.82, 2.24) is 4.90 Å². The van der Waals surface area contributed by atoms with Crippen molar-refractivity contribution in [2.24, 2.45) is 0 Å². The van der Waals surface area contributed by atoms with Gasteiger partial charge in [0.05, 0.1) is 12.0 Å². The lowest BCUT2D eigenvalue weighted by atomic mass is 10.2. The van der Waals surface area contributed by atoms with E-state index in [-0.39, 0.29) is 17.4 Å². The van der Waals surface area contributed by atoms with Gasteiger partial charge in [-0.05, 0) is 19.5 Å². The van der Waals surface area contributed by atoms with Gasteiger partial charge < -0.3 is 4.74 Å². The van der Waals surface area contributed by atoms with E-state index in [4.69, 9.17) is 4.74 Å². The maximum absolute atomic E-state index is 11.8. The van der Waals surface area contributed by atoms with Gasteiger partial charge in [0, 0.05) is 5.75 Å². The summed E-state index contributed by atoms with van der Waals surface area (Å²) in [5.74, 6) is 0.690. The van der Waals surface area contributed by atoms with Gasteiger partial charge in [0.15, 0.2) is 0 Å². The highest BCUT2D eigenvalue weighted by Gasteiger charge is 2.37. The van der Waals surface area contributed by atoms with E-state index >= 15 is 0 Å². The molecule has 0 amide bonds. The van der Waals surface area contributed by atoms with Crippen LogP contribution in [-0.4, -0.2) is 36.3 Å². The smallest absolute Gasteiger partial charge is 0.324 e. The molecular formula is C13H17NO2S. The summed E-state index contributed by atoms with van der Waals surface area (Å²) in [7, 11) is 1.99. The third kappa shape index (κ3) is 2.64. The molecule has 1 aromatic rings. The Morgan fingerprint density at radius 3 is 2.82 bits per heavy atom. The molecule has 2 rings (SSSR count). The molecule has 1 aromatic carbocycles. The van der Waals surface area contributed by atoms with Crippen LogP contribution in [0.5, 0.6) is 0 Å². The Morgan fingerprint density at radius 1 is 1.47 bits per heavy atom. The van der Waals surface area contributed by atoms with Gasteiger partial charge in [-0.25, -0.2) is 0 Å². The number of hydrogen-bond donors (Lipinski definition) is 0. The van der Waals surface area contributed by atoms with Crippen molar-refractivity contribution in [1.29, 1.82) is 0 Å². The summed E-state index contributed by atoms with van der Waals surface area (Å²) in [4.78, 5) is 13.9. The molecule has 0 spiro atoms. The zero-order chi connectivity index (χ0) is 12.3. The second kappa shape index (κ2) is 5.56. The molecule has 3 nitrogen and oxygen atoms in total. The Kier molecular flexibility index (Phi) is 4.07. The summed E-state index contributed by atoms with van der Waals surface area (Å²) >= 11 is 1.79. The third-order valence-electron chi connectivity index (χ3n) is 2.92. The largest absolute Gasteiger partial charge is 0.465 e. The first-order chi connectivity index (χ1) is 8.24. The van der Waals surface area contributed by atoms with Crippen LogP contribution in [0, 0.1) is 0 Å². The van der Waals surface area contributed by atoms with Gasteiger partial charge in [-0.15, -0.1) is 11.8 Å². The Labute approximate surface area is 106 Å². The third-order valence-corrected chi connectivity index (χ3v) is 4.35. The Morgan fingerprint density at radius 2 is 2.18 bits per heavy atom. The van der Waals surface area contributed by atoms with Crippen LogP contribution in [0.4, 0.5) is 0 Å². The van der Waals surface area contributed by atoms with Crippen LogP contribution in [0.2, 0.25) is 0 Å². The van der Waals surface area contributed by atoms with E-state index in [2.05, 4.69) is 17.0 Å². The molecule has 1 saturated heterocycles. The lowest BCUT2D eigenvalue weighted by molar-refractivity contribution is -0.147.